The Labute approximate surface area is 296 Å². The maximum Gasteiger partial charge on any atom is 0.237 e. The molecule has 1 atom stereocenters. The summed E-state index contributed by atoms with van der Waals surface area (Å²) in [7, 11) is 3.79. The molecule has 0 aromatic heterocycles. The molecule has 2 heterocycles. The first-order valence-electron chi connectivity index (χ1n) is 17.8. The molecule has 262 valence electrons. The molecule has 1 saturated heterocycles. The van der Waals surface area contributed by atoms with Gasteiger partial charge in [-0.1, -0.05) is 23.7 Å². The number of anilines is 2. The highest BCUT2D eigenvalue weighted by Crippen LogP contribution is 2.44. The van der Waals surface area contributed by atoms with Crippen molar-refractivity contribution in [2.24, 2.45) is 5.92 Å². The topological polar surface area (TPSA) is 65.6 Å². The molecule has 2 aliphatic heterocycles. The molecule has 3 aromatic rings. The molecule has 2 amide bonds. The Kier molecular flexibility index (Phi) is 10.8. The molecule has 3 aromatic carbocycles. The van der Waals surface area contributed by atoms with Crippen LogP contribution in [-0.2, 0) is 16.0 Å². The number of fused-ring (bicyclic) bond motifs is 1. The number of hydrogen-bond donors (Lipinski definition) is 0. The van der Waals surface area contributed by atoms with Gasteiger partial charge in [0, 0.05) is 55.2 Å². The number of ether oxygens (including phenoxy) is 2. The fraction of sp³-hybridized carbons (Fsp3) is 0.500. The summed E-state index contributed by atoms with van der Waals surface area (Å²) in [5.41, 5.74) is 4.90. The maximum absolute atomic E-state index is 13.9. The van der Waals surface area contributed by atoms with E-state index in [9.17, 15) is 9.59 Å². The molecule has 1 saturated carbocycles. The quantitative estimate of drug-likeness (QED) is 0.222. The highest BCUT2D eigenvalue weighted by atomic mass is 35.5. The monoisotopic (exact) mass is 686 g/mol. The van der Waals surface area contributed by atoms with Gasteiger partial charge in [0.05, 0.1) is 32.2 Å². The number of benzene rings is 3. The van der Waals surface area contributed by atoms with E-state index in [1.165, 1.54) is 12.8 Å². The largest absolute Gasteiger partial charge is 0.493 e. The van der Waals surface area contributed by atoms with Crippen molar-refractivity contribution in [3.05, 3.63) is 82.4 Å². The number of methoxy groups -OCH3 is 1. The predicted molar refractivity (Wildman–Crippen MR) is 197 cm³/mol. The Morgan fingerprint density at radius 2 is 1.57 bits per heavy atom. The van der Waals surface area contributed by atoms with Crippen LogP contribution in [0.1, 0.15) is 76.1 Å². The number of nitrogens with zero attached hydrogens (tertiary/aromatic N) is 4. The molecular formula is C40H51ClN4O4. The van der Waals surface area contributed by atoms with Gasteiger partial charge in [-0.2, -0.15) is 0 Å². The number of rotatable bonds is 10. The van der Waals surface area contributed by atoms with E-state index < -0.39 is 0 Å². The third-order valence-electron chi connectivity index (χ3n) is 10.5. The first-order valence-corrected chi connectivity index (χ1v) is 18.2. The van der Waals surface area contributed by atoms with Gasteiger partial charge in [-0.05, 0) is 125 Å². The fourth-order valence-corrected chi connectivity index (χ4v) is 8.07. The molecule has 0 N–H and O–H groups in total. The molecule has 0 bridgehead atoms. The predicted octanol–water partition coefficient (Wildman–Crippen LogP) is 7.36. The van der Waals surface area contributed by atoms with E-state index in [4.69, 9.17) is 21.1 Å². The summed E-state index contributed by atoms with van der Waals surface area (Å²) < 4.78 is 11.8. The molecule has 6 rings (SSSR count). The van der Waals surface area contributed by atoms with Gasteiger partial charge in [-0.25, -0.2) is 0 Å². The van der Waals surface area contributed by atoms with E-state index in [0.29, 0.717) is 35.0 Å². The molecule has 49 heavy (non-hydrogen) atoms. The van der Waals surface area contributed by atoms with E-state index >= 15 is 0 Å². The van der Waals surface area contributed by atoms with Crippen LogP contribution in [0.4, 0.5) is 11.4 Å². The summed E-state index contributed by atoms with van der Waals surface area (Å²) in [4.78, 5) is 35.3. The molecule has 3 aliphatic rings. The van der Waals surface area contributed by atoms with Gasteiger partial charge < -0.3 is 24.2 Å². The lowest BCUT2D eigenvalue weighted by atomic mass is 9.84. The minimum atomic E-state index is -0.351. The second kappa shape index (κ2) is 15.0. The molecule has 2 fully saturated rings. The number of amides is 2. The number of hydrogen-bond acceptors (Lipinski definition) is 6. The number of piperazine rings is 1. The first-order chi connectivity index (χ1) is 23.5. The zero-order valence-corrected chi connectivity index (χ0v) is 30.6. The van der Waals surface area contributed by atoms with Gasteiger partial charge in [0.1, 0.15) is 0 Å². The van der Waals surface area contributed by atoms with E-state index in [1.807, 2.05) is 60.0 Å². The molecule has 9 heteroatoms. The Hall–Kier alpha value is -3.75. The molecule has 0 radical (unpaired) electrons. The average Bonchev–Trinajstić information content (AvgIpc) is 3.08. The van der Waals surface area contributed by atoms with Gasteiger partial charge >= 0.3 is 0 Å². The second-order valence-electron chi connectivity index (χ2n) is 14.5. The zero-order valence-electron chi connectivity index (χ0n) is 29.8. The Balaban J connectivity index is 1.16. The van der Waals surface area contributed by atoms with Gasteiger partial charge in [0.15, 0.2) is 11.5 Å². The van der Waals surface area contributed by atoms with E-state index in [2.05, 4.69) is 55.0 Å². The van der Waals surface area contributed by atoms with Crippen LogP contribution in [0.15, 0.2) is 60.7 Å². The van der Waals surface area contributed by atoms with Crippen molar-refractivity contribution in [3.8, 4) is 11.5 Å². The van der Waals surface area contributed by atoms with Crippen LogP contribution in [0.2, 0.25) is 5.02 Å². The van der Waals surface area contributed by atoms with Crippen molar-refractivity contribution in [1.82, 2.24) is 9.80 Å². The Bertz CT molecular complexity index is 1620. The highest BCUT2D eigenvalue weighted by molar-refractivity contribution is 6.30. The van der Waals surface area contributed by atoms with Crippen molar-refractivity contribution in [1.29, 1.82) is 0 Å². The Morgan fingerprint density at radius 3 is 2.18 bits per heavy atom. The van der Waals surface area contributed by atoms with E-state index in [1.54, 1.807) is 7.11 Å². The van der Waals surface area contributed by atoms with Crippen LogP contribution >= 0.6 is 11.6 Å². The maximum atomic E-state index is 13.9. The van der Waals surface area contributed by atoms with Gasteiger partial charge in [-0.15, -0.1) is 0 Å². The van der Waals surface area contributed by atoms with Gasteiger partial charge in [-0.3, -0.25) is 14.5 Å². The smallest absolute Gasteiger partial charge is 0.237 e. The summed E-state index contributed by atoms with van der Waals surface area (Å²) in [5, 5.41) is 0.650. The number of carbonyl (C=O) groups is 2. The summed E-state index contributed by atoms with van der Waals surface area (Å²) in [6.07, 6.45) is 4.87. The van der Waals surface area contributed by atoms with Crippen molar-refractivity contribution in [2.75, 3.05) is 50.1 Å². The first kappa shape index (κ1) is 35.1. The van der Waals surface area contributed by atoms with Crippen LogP contribution in [0.25, 0.3) is 0 Å². The van der Waals surface area contributed by atoms with Crippen LogP contribution < -0.4 is 19.3 Å². The lowest BCUT2D eigenvalue weighted by molar-refractivity contribution is -0.139. The standard InChI is InChI=1S/C40H51ClN4O4/c1-26(2)44-20-19-43(25-39(44)47)33-13-7-28(8-14-33)24-42(5)32-15-17-34(18-16-32)45-38(46)22-30-21-36(48-6)37(49-27(3)4)23-35(30)40(45)29-9-11-31(41)12-10-29/h9-12,15-18,21,23,26-28,33,40H,7-8,13-14,19-20,22,24-25H2,1-6H3/t28-,33-,40-/m0/s1. The summed E-state index contributed by atoms with van der Waals surface area (Å²) in [5.74, 6) is 2.20. The second-order valence-corrected chi connectivity index (χ2v) is 14.9. The van der Waals surface area contributed by atoms with Crippen molar-refractivity contribution in [3.63, 3.8) is 0 Å². The van der Waals surface area contributed by atoms with Crippen LogP contribution in [0.5, 0.6) is 11.5 Å². The minimum absolute atomic E-state index is 0.0252. The summed E-state index contributed by atoms with van der Waals surface area (Å²) in [6.45, 7) is 11.6. The molecule has 8 nitrogen and oxygen atoms in total. The molecule has 1 aliphatic carbocycles. The van der Waals surface area contributed by atoms with E-state index in [-0.39, 0.29) is 36.4 Å². The highest BCUT2D eigenvalue weighted by Gasteiger charge is 2.37. The normalized spacial score (nSPS) is 21.7. The van der Waals surface area contributed by atoms with Crippen molar-refractivity contribution in [2.45, 2.75) is 84.0 Å². The van der Waals surface area contributed by atoms with E-state index in [0.717, 1.165) is 60.5 Å². The van der Waals surface area contributed by atoms with Crippen LogP contribution in [0, 0.1) is 5.92 Å². The van der Waals surface area contributed by atoms with Crippen molar-refractivity contribution < 1.29 is 19.1 Å². The fourth-order valence-electron chi connectivity index (χ4n) is 7.94. The SMILES string of the molecule is COc1cc2c(cc1OC(C)C)[C@H](c1ccc(Cl)cc1)N(c1ccc(N(C)C[C@H]3CC[C@H](N4CCN(C(C)C)C(=O)C4)CC3)cc1)C(=O)C2. The lowest BCUT2D eigenvalue weighted by Crippen LogP contribution is -2.55. The van der Waals surface area contributed by atoms with Gasteiger partial charge in [0.25, 0.3) is 0 Å². The Morgan fingerprint density at radius 1 is 0.878 bits per heavy atom. The number of carbonyl (C=O) groups excluding carboxylic acids is 2. The summed E-state index contributed by atoms with van der Waals surface area (Å²) in [6, 6.07) is 20.6. The summed E-state index contributed by atoms with van der Waals surface area (Å²) >= 11 is 6.30. The number of halogens is 1. The van der Waals surface area contributed by atoms with Gasteiger partial charge in [0.2, 0.25) is 11.8 Å². The van der Waals surface area contributed by atoms with Crippen LogP contribution in [-0.4, -0.2) is 80.1 Å². The third kappa shape index (κ3) is 7.71. The van der Waals surface area contributed by atoms with Crippen molar-refractivity contribution >= 4 is 34.8 Å². The third-order valence-corrected chi connectivity index (χ3v) is 10.7. The van der Waals surface area contributed by atoms with Crippen LogP contribution in [0.3, 0.4) is 0 Å². The molecule has 0 spiro atoms. The molecular weight excluding hydrogens is 636 g/mol. The minimum Gasteiger partial charge on any atom is -0.493 e. The zero-order chi connectivity index (χ0) is 34.8. The average molecular weight is 687 g/mol. The molecule has 0 unspecified atom stereocenters. The lowest BCUT2D eigenvalue weighted by Gasteiger charge is -2.43.